The first-order valence-electron chi connectivity index (χ1n) is 25.4. The Morgan fingerprint density at radius 2 is 0.662 bits per heavy atom. The van der Waals surface area contributed by atoms with Gasteiger partial charge in [0.15, 0.2) is 0 Å². The fraction of sp³-hybridized carbons (Fsp3) is 0.114. The molecule has 10 aromatic carbocycles. The molecule has 0 saturated carbocycles. The van der Waals surface area contributed by atoms with Crippen molar-refractivity contribution in [3.05, 3.63) is 238 Å². The Morgan fingerprint density at radius 1 is 0.311 bits per heavy atom. The van der Waals surface area contributed by atoms with Crippen LogP contribution in [0.3, 0.4) is 0 Å². The quantitative estimate of drug-likeness (QED) is 0.160. The summed E-state index contributed by atoms with van der Waals surface area (Å²) in [5.41, 5.74) is 27.4. The largest absolute Gasteiger partial charge is 0.308 e. The minimum Gasteiger partial charge on any atom is -0.308 e. The minimum atomic E-state index is 0.524. The lowest BCUT2D eigenvalue weighted by Crippen LogP contribution is -2.06. The average molecular weight is 951 g/mol. The van der Waals surface area contributed by atoms with Gasteiger partial charge in [-0.1, -0.05) is 138 Å². The third-order valence-corrected chi connectivity index (χ3v) is 15.3. The van der Waals surface area contributed by atoms with Crippen molar-refractivity contribution in [2.75, 3.05) is 0 Å². The van der Waals surface area contributed by atoms with Gasteiger partial charge in [0.25, 0.3) is 0 Å². The van der Waals surface area contributed by atoms with Crippen molar-refractivity contribution in [2.45, 2.75) is 55.4 Å². The number of fused-ring (bicyclic) bond motifs is 6. The van der Waals surface area contributed by atoms with Gasteiger partial charge in [-0.25, -0.2) is 0 Å². The van der Waals surface area contributed by atoms with Gasteiger partial charge in [-0.15, -0.1) is 0 Å². The van der Waals surface area contributed by atoms with Gasteiger partial charge in [0.1, 0.15) is 11.6 Å². The molecule has 0 fully saturated rings. The van der Waals surface area contributed by atoms with Crippen LogP contribution in [0.4, 0.5) is 0 Å². The highest BCUT2D eigenvalue weighted by atomic mass is 15.0. The number of hydrogen-bond acceptors (Lipinski definition) is 2. The van der Waals surface area contributed by atoms with Gasteiger partial charge in [-0.2, -0.15) is 10.5 Å². The Hall–Kier alpha value is -9.22. The third kappa shape index (κ3) is 7.58. The molecule has 0 atom stereocenters. The monoisotopic (exact) mass is 950 g/mol. The van der Waals surface area contributed by atoms with Gasteiger partial charge in [-0.05, 0) is 194 Å². The van der Waals surface area contributed by atoms with Gasteiger partial charge in [-0.3, -0.25) is 0 Å². The Bertz CT molecular complexity index is 4210. The van der Waals surface area contributed by atoms with Crippen LogP contribution in [0.25, 0.3) is 111 Å². The Kier molecular flexibility index (Phi) is 11.0. The van der Waals surface area contributed by atoms with E-state index in [-0.39, 0.29) is 0 Å². The van der Waals surface area contributed by atoms with E-state index in [2.05, 4.69) is 240 Å². The van der Waals surface area contributed by atoms with Crippen LogP contribution in [0, 0.1) is 78.1 Å². The molecule has 2 heterocycles. The van der Waals surface area contributed by atoms with Crippen molar-refractivity contribution in [2.24, 2.45) is 0 Å². The van der Waals surface area contributed by atoms with E-state index in [9.17, 15) is 10.5 Å². The summed E-state index contributed by atoms with van der Waals surface area (Å²) >= 11 is 0. The molecule has 0 unspecified atom stereocenters. The van der Waals surface area contributed by atoms with Crippen molar-refractivity contribution in [1.29, 1.82) is 10.5 Å². The standard InChI is InChI=1S/C70H54N4/c1-41-12-20-55(45(5)30-41)51-16-25-65-60(35-51)61-36-52(56-21-13-42(2)31-46(56)6)17-26-66(61)73(65)69-29-24-59(50-11-9-10-49(34-50)39-71)70(64(69)40-72)74-67-27-18-53(57-22-14-43(3)32-47(57)7)37-62(67)63-38-54(19-28-68(63)74)58-23-15-44(4)33-48(58)8/h9-38H,1-8H3. The number of rotatable bonds is 7. The first kappa shape index (κ1) is 45.9. The zero-order chi connectivity index (χ0) is 51.1. The highest BCUT2D eigenvalue weighted by Gasteiger charge is 2.26. The van der Waals surface area contributed by atoms with Crippen LogP contribution < -0.4 is 0 Å². The summed E-state index contributed by atoms with van der Waals surface area (Å²) in [6, 6.07) is 71.0. The number of aryl methyl sites for hydroxylation is 8. The van der Waals surface area contributed by atoms with Crippen molar-refractivity contribution >= 4 is 43.6 Å². The van der Waals surface area contributed by atoms with Crippen LogP contribution >= 0.6 is 0 Å². The van der Waals surface area contributed by atoms with Crippen molar-refractivity contribution in [3.63, 3.8) is 0 Å². The zero-order valence-electron chi connectivity index (χ0n) is 43.1. The maximum absolute atomic E-state index is 12.0. The molecule has 0 saturated heterocycles. The number of nitriles is 2. The summed E-state index contributed by atoms with van der Waals surface area (Å²) in [4.78, 5) is 0. The van der Waals surface area contributed by atoms with Gasteiger partial charge >= 0.3 is 0 Å². The molecule has 0 bridgehead atoms. The van der Waals surface area contributed by atoms with E-state index in [1.54, 1.807) is 0 Å². The van der Waals surface area contributed by atoms with Crippen LogP contribution in [-0.4, -0.2) is 9.13 Å². The van der Waals surface area contributed by atoms with Gasteiger partial charge in [0, 0.05) is 27.1 Å². The number of aromatic nitrogens is 2. The van der Waals surface area contributed by atoms with Crippen molar-refractivity contribution in [1.82, 2.24) is 9.13 Å². The first-order valence-corrected chi connectivity index (χ1v) is 25.4. The van der Waals surface area contributed by atoms with Crippen molar-refractivity contribution in [3.8, 4) is 79.1 Å². The smallest absolute Gasteiger partial charge is 0.104 e. The SMILES string of the molecule is Cc1ccc(-c2ccc3c(c2)c2cc(-c4ccc(C)cc4C)ccc2n3-c2ccc(-c3cccc(C#N)c3)c(-n3c4ccc(-c5ccc(C)cc5C)cc4c4cc(-c5ccc(C)cc5C)ccc43)c2C#N)c(C)c1. The summed E-state index contributed by atoms with van der Waals surface area (Å²) in [6.45, 7) is 17.3. The summed E-state index contributed by atoms with van der Waals surface area (Å²) < 4.78 is 4.60. The van der Waals surface area contributed by atoms with Crippen LogP contribution in [0.1, 0.15) is 55.6 Å². The average Bonchev–Trinajstić information content (AvgIpc) is 3.90. The van der Waals surface area contributed by atoms with Gasteiger partial charge < -0.3 is 9.13 Å². The lowest BCUT2D eigenvalue weighted by molar-refractivity contribution is 1.12. The fourth-order valence-corrected chi connectivity index (χ4v) is 11.9. The van der Waals surface area contributed by atoms with Crippen LogP contribution in [-0.2, 0) is 0 Å². The lowest BCUT2D eigenvalue weighted by atomic mass is 9.95. The zero-order valence-corrected chi connectivity index (χ0v) is 43.1. The summed E-state index contributed by atoms with van der Waals surface area (Å²) in [5.74, 6) is 0. The minimum absolute atomic E-state index is 0.524. The van der Waals surface area contributed by atoms with E-state index < -0.39 is 0 Å². The summed E-state index contributed by atoms with van der Waals surface area (Å²) in [5, 5.41) is 26.7. The van der Waals surface area contributed by atoms with E-state index in [1.165, 1.54) is 66.8 Å². The molecular weight excluding hydrogens is 897 g/mol. The second-order valence-electron chi connectivity index (χ2n) is 20.5. The fourth-order valence-electron chi connectivity index (χ4n) is 11.9. The lowest BCUT2D eigenvalue weighted by Gasteiger charge is -2.20. The Morgan fingerprint density at radius 3 is 1.01 bits per heavy atom. The predicted octanol–water partition coefficient (Wildman–Crippen LogP) is 18.4. The molecule has 2 aromatic heterocycles. The molecule has 0 N–H and O–H groups in total. The molecule has 0 radical (unpaired) electrons. The van der Waals surface area contributed by atoms with Crippen LogP contribution in [0.15, 0.2) is 182 Å². The molecule has 12 aromatic rings. The molecule has 0 aliphatic rings. The van der Waals surface area contributed by atoms with E-state index in [4.69, 9.17) is 0 Å². The second-order valence-corrected chi connectivity index (χ2v) is 20.5. The number of hydrogen-bond donors (Lipinski definition) is 0. The van der Waals surface area contributed by atoms with Crippen molar-refractivity contribution < 1.29 is 0 Å². The van der Waals surface area contributed by atoms with E-state index in [0.717, 1.165) is 88.4 Å². The Labute approximate surface area is 433 Å². The molecule has 0 aliphatic heterocycles. The molecule has 0 amide bonds. The van der Waals surface area contributed by atoms with Crippen LogP contribution in [0.5, 0.6) is 0 Å². The van der Waals surface area contributed by atoms with E-state index >= 15 is 0 Å². The van der Waals surface area contributed by atoms with E-state index in [1.807, 2.05) is 18.2 Å². The maximum atomic E-state index is 12.0. The third-order valence-electron chi connectivity index (χ3n) is 15.3. The highest BCUT2D eigenvalue weighted by molar-refractivity contribution is 6.14. The molecule has 74 heavy (non-hydrogen) atoms. The normalized spacial score (nSPS) is 11.5. The second kappa shape index (κ2) is 17.8. The molecule has 4 nitrogen and oxygen atoms in total. The maximum Gasteiger partial charge on any atom is 0.104 e. The molecule has 0 spiro atoms. The number of benzene rings is 10. The summed E-state index contributed by atoms with van der Waals surface area (Å²) in [6.07, 6.45) is 0. The highest BCUT2D eigenvalue weighted by Crippen LogP contribution is 2.45. The van der Waals surface area contributed by atoms with E-state index in [0.29, 0.717) is 11.1 Å². The molecule has 0 aliphatic carbocycles. The Balaban J connectivity index is 1.19. The summed E-state index contributed by atoms with van der Waals surface area (Å²) in [7, 11) is 0. The molecule has 354 valence electrons. The molecule has 12 rings (SSSR count). The topological polar surface area (TPSA) is 57.4 Å². The predicted molar refractivity (Wildman–Crippen MR) is 310 cm³/mol. The van der Waals surface area contributed by atoms with Gasteiger partial charge in [0.2, 0.25) is 0 Å². The van der Waals surface area contributed by atoms with Gasteiger partial charge in [0.05, 0.1) is 45.1 Å². The molecular formula is C70H54N4. The first-order chi connectivity index (χ1) is 35.9. The van der Waals surface area contributed by atoms with Crippen LogP contribution in [0.2, 0.25) is 0 Å². The molecule has 4 heteroatoms. The number of nitrogens with zero attached hydrogens (tertiary/aromatic N) is 4.